The van der Waals surface area contributed by atoms with Crippen LogP contribution in [0.3, 0.4) is 0 Å². The van der Waals surface area contributed by atoms with Gasteiger partial charge in [-0.3, -0.25) is 4.79 Å². The second kappa shape index (κ2) is 6.79. The van der Waals surface area contributed by atoms with Crippen LogP contribution in [0.25, 0.3) is 5.69 Å². The van der Waals surface area contributed by atoms with E-state index in [2.05, 4.69) is 28.9 Å². The molecule has 1 N–H and O–H groups in total. The molecule has 2 aromatic heterocycles. The quantitative estimate of drug-likeness (QED) is 0.772. The zero-order chi connectivity index (χ0) is 17.1. The van der Waals surface area contributed by atoms with Gasteiger partial charge in [-0.2, -0.15) is 0 Å². The SMILES string of the molecule is Cc1ccccc1-n1c(C)cc(C(=O)NCCc2ccco2)c1C. The molecular weight excluding hydrogens is 300 g/mol. The van der Waals surface area contributed by atoms with Crippen LogP contribution in [0.2, 0.25) is 0 Å². The maximum atomic E-state index is 12.5. The van der Waals surface area contributed by atoms with Crippen LogP contribution in [-0.2, 0) is 6.42 Å². The van der Waals surface area contributed by atoms with Crippen LogP contribution >= 0.6 is 0 Å². The Morgan fingerprint density at radius 1 is 1.12 bits per heavy atom. The Hall–Kier alpha value is -2.75. The molecule has 24 heavy (non-hydrogen) atoms. The fraction of sp³-hybridized carbons (Fsp3) is 0.250. The van der Waals surface area contributed by atoms with Gasteiger partial charge in [0.1, 0.15) is 5.76 Å². The smallest absolute Gasteiger partial charge is 0.253 e. The van der Waals surface area contributed by atoms with E-state index in [1.165, 1.54) is 5.56 Å². The van der Waals surface area contributed by atoms with Crippen LogP contribution in [0.15, 0.2) is 53.1 Å². The minimum Gasteiger partial charge on any atom is -0.469 e. The van der Waals surface area contributed by atoms with Gasteiger partial charge in [-0.15, -0.1) is 0 Å². The topological polar surface area (TPSA) is 47.2 Å². The van der Waals surface area contributed by atoms with Crippen LogP contribution in [0, 0.1) is 20.8 Å². The average Bonchev–Trinajstić information content (AvgIpc) is 3.17. The molecule has 0 atom stereocenters. The fourth-order valence-electron chi connectivity index (χ4n) is 3.03. The van der Waals surface area contributed by atoms with Gasteiger partial charge in [0.15, 0.2) is 0 Å². The molecule has 0 bridgehead atoms. The summed E-state index contributed by atoms with van der Waals surface area (Å²) in [5.41, 5.74) is 5.02. The summed E-state index contributed by atoms with van der Waals surface area (Å²) in [6, 6.07) is 13.9. The Balaban J connectivity index is 1.78. The molecule has 0 radical (unpaired) electrons. The number of carbonyl (C=O) groups is 1. The first kappa shape index (κ1) is 16.1. The summed E-state index contributed by atoms with van der Waals surface area (Å²) in [6.07, 6.45) is 2.34. The van der Waals surface area contributed by atoms with Gasteiger partial charge in [-0.05, 0) is 50.6 Å². The van der Waals surface area contributed by atoms with Crippen molar-refractivity contribution in [1.29, 1.82) is 0 Å². The van der Waals surface area contributed by atoms with Crippen molar-refractivity contribution in [2.75, 3.05) is 6.54 Å². The van der Waals surface area contributed by atoms with Crippen molar-refractivity contribution in [3.63, 3.8) is 0 Å². The largest absolute Gasteiger partial charge is 0.469 e. The van der Waals surface area contributed by atoms with E-state index >= 15 is 0 Å². The fourth-order valence-corrected chi connectivity index (χ4v) is 3.03. The van der Waals surface area contributed by atoms with Crippen LogP contribution in [0.4, 0.5) is 0 Å². The number of aryl methyl sites for hydroxylation is 2. The summed E-state index contributed by atoms with van der Waals surface area (Å²) in [4.78, 5) is 12.5. The number of hydrogen-bond donors (Lipinski definition) is 1. The molecule has 0 aliphatic carbocycles. The highest BCUT2D eigenvalue weighted by Gasteiger charge is 2.17. The van der Waals surface area contributed by atoms with Crippen molar-refractivity contribution >= 4 is 5.91 Å². The Bertz CT molecular complexity index is 845. The molecule has 0 spiro atoms. The summed E-state index contributed by atoms with van der Waals surface area (Å²) >= 11 is 0. The van der Waals surface area contributed by atoms with E-state index in [-0.39, 0.29) is 5.91 Å². The monoisotopic (exact) mass is 322 g/mol. The summed E-state index contributed by atoms with van der Waals surface area (Å²) in [7, 11) is 0. The number of para-hydroxylation sites is 1. The van der Waals surface area contributed by atoms with Gasteiger partial charge in [0, 0.05) is 30.0 Å². The summed E-state index contributed by atoms with van der Waals surface area (Å²) in [6.45, 7) is 6.65. The second-order valence-electron chi connectivity index (χ2n) is 5.99. The molecule has 0 aliphatic rings. The average molecular weight is 322 g/mol. The molecule has 0 aliphatic heterocycles. The lowest BCUT2D eigenvalue weighted by molar-refractivity contribution is 0.0953. The molecule has 1 amide bonds. The minimum atomic E-state index is -0.0468. The Morgan fingerprint density at radius 2 is 1.92 bits per heavy atom. The molecule has 0 saturated carbocycles. The molecule has 4 nitrogen and oxygen atoms in total. The molecule has 1 aromatic carbocycles. The molecule has 124 valence electrons. The van der Waals surface area contributed by atoms with Gasteiger partial charge in [0.25, 0.3) is 5.91 Å². The molecule has 2 heterocycles. The van der Waals surface area contributed by atoms with Gasteiger partial charge in [-0.1, -0.05) is 18.2 Å². The number of benzene rings is 1. The number of rotatable bonds is 5. The van der Waals surface area contributed by atoms with Crippen molar-refractivity contribution in [1.82, 2.24) is 9.88 Å². The summed E-state index contributed by atoms with van der Waals surface area (Å²) in [5.74, 6) is 0.829. The third-order valence-electron chi connectivity index (χ3n) is 4.27. The predicted molar refractivity (Wildman–Crippen MR) is 94.7 cm³/mol. The minimum absolute atomic E-state index is 0.0468. The van der Waals surface area contributed by atoms with Gasteiger partial charge >= 0.3 is 0 Å². The number of aromatic nitrogens is 1. The number of nitrogens with zero attached hydrogens (tertiary/aromatic N) is 1. The molecule has 0 fully saturated rings. The zero-order valence-electron chi connectivity index (χ0n) is 14.3. The highest BCUT2D eigenvalue weighted by atomic mass is 16.3. The molecule has 3 aromatic rings. The Morgan fingerprint density at radius 3 is 2.62 bits per heavy atom. The number of carbonyl (C=O) groups excluding carboxylic acids is 1. The van der Waals surface area contributed by atoms with E-state index in [9.17, 15) is 4.79 Å². The van der Waals surface area contributed by atoms with Crippen LogP contribution in [0.5, 0.6) is 0 Å². The third kappa shape index (κ3) is 3.13. The number of furan rings is 1. The van der Waals surface area contributed by atoms with E-state index in [4.69, 9.17) is 4.42 Å². The van der Waals surface area contributed by atoms with E-state index in [0.717, 1.165) is 28.4 Å². The van der Waals surface area contributed by atoms with Crippen molar-refractivity contribution in [2.24, 2.45) is 0 Å². The summed E-state index contributed by atoms with van der Waals surface area (Å²) < 4.78 is 7.42. The lowest BCUT2D eigenvalue weighted by Crippen LogP contribution is -2.26. The van der Waals surface area contributed by atoms with Crippen molar-refractivity contribution in [3.8, 4) is 5.69 Å². The first-order valence-electron chi connectivity index (χ1n) is 8.13. The first-order valence-corrected chi connectivity index (χ1v) is 8.13. The highest BCUT2D eigenvalue weighted by molar-refractivity contribution is 5.95. The van der Waals surface area contributed by atoms with Gasteiger partial charge in [-0.25, -0.2) is 0 Å². The lowest BCUT2D eigenvalue weighted by atomic mass is 10.2. The summed E-state index contributed by atoms with van der Waals surface area (Å²) in [5, 5.41) is 2.97. The lowest BCUT2D eigenvalue weighted by Gasteiger charge is -2.12. The second-order valence-corrected chi connectivity index (χ2v) is 5.99. The van der Waals surface area contributed by atoms with Crippen molar-refractivity contribution in [3.05, 3.63) is 77.0 Å². The normalized spacial score (nSPS) is 10.8. The zero-order valence-corrected chi connectivity index (χ0v) is 14.3. The van der Waals surface area contributed by atoms with Gasteiger partial charge in [0.2, 0.25) is 0 Å². The number of hydrogen-bond acceptors (Lipinski definition) is 2. The standard InChI is InChI=1S/C20H22N2O2/c1-14-7-4-5-9-19(14)22-15(2)13-18(16(22)3)20(23)21-11-10-17-8-6-12-24-17/h4-9,12-13H,10-11H2,1-3H3,(H,21,23). The van der Waals surface area contributed by atoms with Crippen molar-refractivity contribution in [2.45, 2.75) is 27.2 Å². The van der Waals surface area contributed by atoms with Crippen LogP contribution in [0.1, 0.15) is 33.1 Å². The highest BCUT2D eigenvalue weighted by Crippen LogP contribution is 2.23. The molecule has 4 heteroatoms. The van der Waals surface area contributed by atoms with E-state index in [1.807, 2.05) is 44.2 Å². The van der Waals surface area contributed by atoms with E-state index in [1.54, 1.807) is 6.26 Å². The van der Waals surface area contributed by atoms with Gasteiger partial charge < -0.3 is 14.3 Å². The molecule has 3 rings (SSSR count). The Kier molecular flexibility index (Phi) is 4.56. The molecule has 0 unspecified atom stereocenters. The van der Waals surface area contributed by atoms with E-state index in [0.29, 0.717) is 13.0 Å². The maximum Gasteiger partial charge on any atom is 0.253 e. The third-order valence-corrected chi connectivity index (χ3v) is 4.27. The first-order chi connectivity index (χ1) is 11.6. The molecular formula is C20H22N2O2. The maximum absolute atomic E-state index is 12.5. The van der Waals surface area contributed by atoms with Crippen LogP contribution in [-0.4, -0.2) is 17.0 Å². The number of amides is 1. The van der Waals surface area contributed by atoms with Gasteiger partial charge in [0.05, 0.1) is 11.8 Å². The number of nitrogens with one attached hydrogen (secondary N) is 1. The van der Waals surface area contributed by atoms with E-state index < -0.39 is 0 Å². The van der Waals surface area contributed by atoms with Crippen molar-refractivity contribution < 1.29 is 9.21 Å². The Labute approximate surface area is 142 Å². The predicted octanol–water partition coefficient (Wildman–Crippen LogP) is 3.97. The van der Waals surface area contributed by atoms with Crippen LogP contribution < -0.4 is 5.32 Å². The molecule has 0 saturated heterocycles.